The van der Waals surface area contributed by atoms with Crippen LogP contribution in [-0.2, 0) is 26.0 Å². The van der Waals surface area contributed by atoms with E-state index < -0.39 is 21.5 Å². The maximum absolute atomic E-state index is 11.6. The normalized spacial score (nSPS) is 11.0. The lowest BCUT2D eigenvalue weighted by molar-refractivity contribution is -0.136. The molecule has 0 fully saturated rings. The molecule has 0 radical (unpaired) electrons. The quantitative estimate of drug-likeness (QED) is 0.797. The van der Waals surface area contributed by atoms with Crippen LogP contribution in [0.1, 0.15) is 19.4 Å². The van der Waals surface area contributed by atoms with E-state index in [1.807, 2.05) is 0 Å². The fraction of sp³-hybridized carbons (Fsp3) is 0.333. The number of sulfone groups is 1. The molecule has 5 nitrogen and oxygen atoms in total. The smallest absolute Gasteiger partial charge is 0.287 e. The van der Waals surface area contributed by atoms with Crippen LogP contribution in [-0.4, -0.2) is 25.9 Å². The van der Waals surface area contributed by atoms with Gasteiger partial charge in [0.2, 0.25) is 5.78 Å². The van der Waals surface area contributed by atoms with Gasteiger partial charge in [0.25, 0.3) is 5.91 Å². The molecule has 0 saturated heterocycles. The number of hydrogen-bond acceptors (Lipinski definition) is 4. The van der Waals surface area contributed by atoms with E-state index in [-0.39, 0.29) is 17.2 Å². The highest BCUT2D eigenvalue weighted by Gasteiger charge is 2.11. The number of carbonyl (C=O) groups is 2. The van der Waals surface area contributed by atoms with Gasteiger partial charge >= 0.3 is 0 Å². The Morgan fingerprint density at radius 3 is 2.17 bits per heavy atom. The largest absolute Gasteiger partial charge is 0.345 e. The number of nitrogens with one attached hydrogen (secondary N) is 1. The molecule has 0 unspecified atom stereocenters. The highest BCUT2D eigenvalue weighted by molar-refractivity contribution is 7.91. The standard InChI is InChI=1S/C12H15NO4S/c1-3-18(16,17)11-6-4-10(5-7-11)8-13-12(15)9(2)14/h4-7H,3,8H2,1-2H3,(H,13,15). The molecular formula is C12H15NO4S. The Kier molecular flexibility index (Phi) is 4.61. The molecule has 0 aliphatic heterocycles. The average molecular weight is 269 g/mol. The van der Waals surface area contributed by atoms with Crippen molar-refractivity contribution in [3.63, 3.8) is 0 Å². The van der Waals surface area contributed by atoms with Crippen molar-refractivity contribution in [1.29, 1.82) is 0 Å². The summed E-state index contributed by atoms with van der Waals surface area (Å²) in [4.78, 5) is 22.0. The van der Waals surface area contributed by atoms with Gasteiger partial charge in [-0.2, -0.15) is 0 Å². The molecule has 0 atom stereocenters. The molecule has 1 aromatic rings. The summed E-state index contributed by atoms with van der Waals surface area (Å²) in [6.45, 7) is 2.97. The van der Waals surface area contributed by atoms with Crippen LogP contribution in [0.4, 0.5) is 0 Å². The topological polar surface area (TPSA) is 80.3 Å². The molecule has 0 aliphatic carbocycles. The first-order valence-corrected chi connectivity index (χ1v) is 7.12. The molecule has 98 valence electrons. The highest BCUT2D eigenvalue weighted by Crippen LogP contribution is 2.12. The zero-order chi connectivity index (χ0) is 13.8. The fourth-order valence-corrected chi connectivity index (χ4v) is 2.17. The Morgan fingerprint density at radius 2 is 1.72 bits per heavy atom. The zero-order valence-corrected chi connectivity index (χ0v) is 11.1. The third kappa shape index (κ3) is 3.66. The van der Waals surface area contributed by atoms with Gasteiger partial charge in [0, 0.05) is 13.5 Å². The van der Waals surface area contributed by atoms with E-state index >= 15 is 0 Å². The molecule has 0 heterocycles. The van der Waals surface area contributed by atoms with Gasteiger partial charge in [-0.05, 0) is 17.7 Å². The van der Waals surface area contributed by atoms with Crippen LogP contribution in [0.15, 0.2) is 29.2 Å². The van der Waals surface area contributed by atoms with Gasteiger partial charge in [0.1, 0.15) is 0 Å². The second-order valence-corrected chi connectivity index (χ2v) is 6.06. The maximum atomic E-state index is 11.6. The summed E-state index contributed by atoms with van der Waals surface area (Å²) in [6.07, 6.45) is 0. The minimum absolute atomic E-state index is 0.0490. The van der Waals surface area contributed by atoms with Crippen molar-refractivity contribution in [2.45, 2.75) is 25.3 Å². The summed E-state index contributed by atoms with van der Waals surface area (Å²) in [7, 11) is -3.20. The van der Waals surface area contributed by atoms with Crippen LogP contribution < -0.4 is 5.32 Å². The lowest BCUT2D eigenvalue weighted by Crippen LogP contribution is -2.28. The van der Waals surface area contributed by atoms with Gasteiger partial charge in [-0.1, -0.05) is 19.1 Å². The van der Waals surface area contributed by atoms with Crippen LogP contribution in [0, 0.1) is 0 Å². The maximum Gasteiger partial charge on any atom is 0.287 e. The molecule has 0 aliphatic rings. The lowest BCUT2D eigenvalue weighted by Gasteiger charge is -2.05. The fourth-order valence-electron chi connectivity index (χ4n) is 1.29. The monoisotopic (exact) mass is 269 g/mol. The van der Waals surface area contributed by atoms with E-state index in [9.17, 15) is 18.0 Å². The van der Waals surface area contributed by atoms with Crippen LogP contribution in [0.5, 0.6) is 0 Å². The molecule has 18 heavy (non-hydrogen) atoms. The number of amides is 1. The number of benzene rings is 1. The van der Waals surface area contributed by atoms with Crippen LogP contribution in [0.3, 0.4) is 0 Å². The van der Waals surface area contributed by atoms with E-state index in [1.54, 1.807) is 19.1 Å². The molecular weight excluding hydrogens is 254 g/mol. The van der Waals surface area contributed by atoms with Gasteiger partial charge in [0.05, 0.1) is 10.6 Å². The van der Waals surface area contributed by atoms with E-state index in [1.165, 1.54) is 19.1 Å². The molecule has 1 N–H and O–H groups in total. The van der Waals surface area contributed by atoms with E-state index in [2.05, 4.69) is 5.32 Å². The lowest BCUT2D eigenvalue weighted by atomic mass is 10.2. The molecule has 1 amide bonds. The Hall–Kier alpha value is -1.69. The van der Waals surface area contributed by atoms with Crippen molar-refractivity contribution < 1.29 is 18.0 Å². The summed E-state index contributed by atoms with van der Waals surface area (Å²) in [5, 5.41) is 2.43. The second-order valence-electron chi connectivity index (χ2n) is 3.79. The first-order chi connectivity index (χ1) is 8.36. The Morgan fingerprint density at radius 1 is 1.17 bits per heavy atom. The van der Waals surface area contributed by atoms with Crippen LogP contribution in [0.2, 0.25) is 0 Å². The third-order valence-electron chi connectivity index (χ3n) is 2.44. The minimum Gasteiger partial charge on any atom is -0.345 e. The molecule has 0 saturated carbocycles. The summed E-state index contributed by atoms with van der Waals surface area (Å²) in [6, 6.07) is 6.22. The summed E-state index contributed by atoms with van der Waals surface area (Å²) < 4.78 is 23.1. The van der Waals surface area contributed by atoms with Crippen molar-refractivity contribution in [3.8, 4) is 0 Å². The average Bonchev–Trinajstić information content (AvgIpc) is 2.36. The molecule has 0 bridgehead atoms. The minimum atomic E-state index is -3.20. The van der Waals surface area contributed by atoms with Crippen LogP contribution in [0.25, 0.3) is 0 Å². The van der Waals surface area contributed by atoms with Gasteiger partial charge < -0.3 is 5.32 Å². The highest BCUT2D eigenvalue weighted by atomic mass is 32.2. The van der Waals surface area contributed by atoms with Crippen molar-refractivity contribution >= 4 is 21.5 Å². The SMILES string of the molecule is CCS(=O)(=O)c1ccc(CNC(=O)C(C)=O)cc1. The van der Waals surface area contributed by atoms with Crippen LogP contribution >= 0.6 is 0 Å². The van der Waals surface area contributed by atoms with Crippen molar-refractivity contribution in [1.82, 2.24) is 5.32 Å². The Balaban J connectivity index is 2.73. The molecule has 6 heteroatoms. The second kappa shape index (κ2) is 5.77. The van der Waals surface area contributed by atoms with Gasteiger partial charge in [-0.15, -0.1) is 0 Å². The molecule has 1 aromatic carbocycles. The first-order valence-electron chi connectivity index (χ1n) is 5.47. The van der Waals surface area contributed by atoms with Crippen molar-refractivity contribution in [2.24, 2.45) is 0 Å². The van der Waals surface area contributed by atoms with Gasteiger partial charge in [-0.25, -0.2) is 8.42 Å². The zero-order valence-electron chi connectivity index (χ0n) is 10.3. The Bertz CT molecular complexity index is 546. The molecule has 0 spiro atoms. The summed E-state index contributed by atoms with van der Waals surface area (Å²) in [5.41, 5.74) is 0.736. The number of ketones is 1. The van der Waals surface area contributed by atoms with Crippen molar-refractivity contribution in [3.05, 3.63) is 29.8 Å². The predicted octanol–water partition coefficient (Wildman–Crippen LogP) is 0.685. The number of hydrogen-bond donors (Lipinski definition) is 1. The van der Waals surface area contributed by atoms with E-state index in [4.69, 9.17) is 0 Å². The summed E-state index contributed by atoms with van der Waals surface area (Å²) in [5.74, 6) is -1.16. The van der Waals surface area contributed by atoms with E-state index in [0.717, 1.165) is 5.56 Å². The third-order valence-corrected chi connectivity index (χ3v) is 4.19. The predicted molar refractivity (Wildman–Crippen MR) is 66.7 cm³/mol. The number of Topliss-reactive ketones (excluding diaryl/α,β-unsaturated/α-hetero) is 1. The van der Waals surface area contributed by atoms with Gasteiger partial charge in [-0.3, -0.25) is 9.59 Å². The number of carbonyl (C=O) groups excluding carboxylic acids is 2. The Labute approximate surface area is 106 Å². The van der Waals surface area contributed by atoms with Gasteiger partial charge in [0.15, 0.2) is 9.84 Å². The summed E-state index contributed by atoms with van der Waals surface area (Å²) >= 11 is 0. The first kappa shape index (κ1) is 14.4. The number of rotatable bonds is 5. The molecule has 0 aromatic heterocycles. The van der Waals surface area contributed by atoms with E-state index in [0.29, 0.717) is 0 Å². The molecule has 1 rings (SSSR count). The van der Waals surface area contributed by atoms with Crippen molar-refractivity contribution in [2.75, 3.05) is 5.75 Å².